The van der Waals surface area contributed by atoms with Crippen molar-refractivity contribution in [2.75, 3.05) is 12.4 Å². The summed E-state index contributed by atoms with van der Waals surface area (Å²) in [5.41, 5.74) is 3.84. The zero-order chi connectivity index (χ0) is 17.8. The lowest BCUT2D eigenvalue weighted by Crippen LogP contribution is -2.06. The molecule has 0 saturated carbocycles. The smallest absolute Gasteiger partial charge is 0.337 e. The minimum Gasteiger partial charge on any atom is -0.465 e. The van der Waals surface area contributed by atoms with Crippen LogP contribution in [0.3, 0.4) is 0 Å². The van der Waals surface area contributed by atoms with Crippen molar-refractivity contribution in [3.63, 3.8) is 0 Å². The van der Waals surface area contributed by atoms with Gasteiger partial charge in [0, 0.05) is 24.1 Å². The minimum atomic E-state index is -0.437. The lowest BCUT2D eigenvalue weighted by Gasteiger charge is -2.12. The number of carbonyl (C=O) groups excluding carboxylic acids is 2. The van der Waals surface area contributed by atoms with Crippen molar-refractivity contribution in [2.45, 2.75) is 19.3 Å². The number of benzene rings is 2. The third-order valence-electron chi connectivity index (χ3n) is 4.20. The van der Waals surface area contributed by atoms with Crippen LogP contribution in [0.15, 0.2) is 59.8 Å². The molecule has 128 valence electrons. The summed E-state index contributed by atoms with van der Waals surface area (Å²) in [5, 5.41) is 3.68. The quantitative estimate of drug-likeness (QED) is 0.808. The van der Waals surface area contributed by atoms with Gasteiger partial charge in [-0.15, -0.1) is 0 Å². The lowest BCUT2D eigenvalue weighted by atomic mass is 10.0. The molecule has 0 radical (unpaired) electrons. The Morgan fingerprint density at radius 2 is 1.92 bits per heavy atom. The number of esters is 1. The van der Waals surface area contributed by atoms with E-state index in [0.717, 1.165) is 16.8 Å². The molecule has 0 bridgehead atoms. The highest BCUT2D eigenvalue weighted by atomic mass is 35.5. The molecule has 0 atom stereocenters. The van der Waals surface area contributed by atoms with Gasteiger partial charge in [0.1, 0.15) is 0 Å². The van der Waals surface area contributed by atoms with Crippen molar-refractivity contribution in [1.29, 1.82) is 0 Å². The molecule has 2 aromatic carbocycles. The van der Waals surface area contributed by atoms with E-state index in [9.17, 15) is 9.59 Å². The predicted molar refractivity (Wildman–Crippen MR) is 97.8 cm³/mol. The number of methoxy groups -OCH3 is 1. The van der Waals surface area contributed by atoms with Crippen molar-refractivity contribution >= 4 is 29.0 Å². The molecule has 2 aromatic rings. The molecular formula is C20H18ClNO3. The van der Waals surface area contributed by atoms with Crippen LogP contribution in [0.2, 0.25) is 5.02 Å². The number of ether oxygens (including phenoxy) is 1. The van der Waals surface area contributed by atoms with Gasteiger partial charge in [0.15, 0.2) is 5.78 Å². The second kappa shape index (κ2) is 7.53. The summed E-state index contributed by atoms with van der Waals surface area (Å²) in [4.78, 5) is 23.8. The zero-order valence-corrected chi connectivity index (χ0v) is 14.6. The van der Waals surface area contributed by atoms with E-state index < -0.39 is 5.97 Å². The second-order valence-corrected chi connectivity index (χ2v) is 6.26. The summed E-state index contributed by atoms with van der Waals surface area (Å²) >= 11 is 6.28. The third-order valence-corrected chi connectivity index (χ3v) is 4.52. The number of ketones is 1. The van der Waals surface area contributed by atoms with Crippen LogP contribution < -0.4 is 5.32 Å². The van der Waals surface area contributed by atoms with Crippen LogP contribution in [0, 0.1) is 0 Å². The van der Waals surface area contributed by atoms with Crippen molar-refractivity contribution < 1.29 is 14.3 Å². The Bertz CT molecular complexity index is 843. The van der Waals surface area contributed by atoms with E-state index in [1.165, 1.54) is 7.11 Å². The molecule has 0 saturated heterocycles. The fourth-order valence-electron chi connectivity index (χ4n) is 2.88. The van der Waals surface area contributed by atoms with Gasteiger partial charge < -0.3 is 10.1 Å². The third kappa shape index (κ3) is 3.91. The van der Waals surface area contributed by atoms with E-state index in [0.29, 0.717) is 35.5 Å². The van der Waals surface area contributed by atoms with Gasteiger partial charge in [0.2, 0.25) is 0 Å². The lowest BCUT2D eigenvalue weighted by molar-refractivity contribution is -0.115. The Morgan fingerprint density at radius 1 is 1.16 bits per heavy atom. The maximum atomic E-state index is 12.3. The molecule has 1 aliphatic rings. The monoisotopic (exact) mass is 355 g/mol. The van der Waals surface area contributed by atoms with Crippen LogP contribution >= 0.6 is 11.6 Å². The molecule has 25 heavy (non-hydrogen) atoms. The highest BCUT2D eigenvalue weighted by Gasteiger charge is 2.23. The van der Waals surface area contributed by atoms with Crippen molar-refractivity contribution in [3.05, 3.63) is 76.0 Å². The Kier molecular flexibility index (Phi) is 5.19. The Labute approximate surface area is 151 Å². The number of nitrogens with one attached hydrogen (secondary N) is 1. The largest absolute Gasteiger partial charge is 0.465 e. The van der Waals surface area contributed by atoms with Gasteiger partial charge in [-0.1, -0.05) is 41.9 Å². The average Bonchev–Trinajstić information content (AvgIpc) is 2.97. The molecule has 3 rings (SSSR count). The molecule has 1 N–H and O–H groups in total. The average molecular weight is 356 g/mol. The molecule has 0 aromatic heterocycles. The van der Waals surface area contributed by atoms with Gasteiger partial charge in [0.05, 0.1) is 23.4 Å². The fraction of sp³-hybridized carbons (Fsp3) is 0.200. The summed E-state index contributed by atoms with van der Waals surface area (Å²) in [5.74, 6) is -0.276. The maximum Gasteiger partial charge on any atom is 0.337 e. The van der Waals surface area contributed by atoms with Gasteiger partial charge in [-0.25, -0.2) is 4.79 Å². The van der Waals surface area contributed by atoms with E-state index in [-0.39, 0.29) is 5.78 Å². The number of allylic oxidation sites excluding steroid dienone is 2. The van der Waals surface area contributed by atoms with E-state index in [2.05, 4.69) is 5.32 Å². The van der Waals surface area contributed by atoms with E-state index >= 15 is 0 Å². The number of hydrogen-bond acceptors (Lipinski definition) is 4. The van der Waals surface area contributed by atoms with Gasteiger partial charge in [-0.3, -0.25) is 4.79 Å². The summed E-state index contributed by atoms with van der Waals surface area (Å²) in [6.45, 7) is 0. The summed E-state index contributed by atoms with van der Waals surface area (Å²) in [6.07, 6.45) is 1.76. The molecule has 0 aliphatic heterocycles. The van der Waals surface area contributed by atoms with Crippen LogP contribution in [0.4, 0.5) is 5.69 Å². The summed E-state index contributed by atoms with van der Waals surface area (Å²) in [6, 6.07) is 14.8. The Hall–Kier alpha value is -2.59. The molecule has 5 heteroatoms. The van der Waals surface area contributed by atoms with Crippen molar-refractivity contribution in [1.82, 2.24) is 0 Å². The zero-order valence-electron chi connectivity index (χ0n) is 13.8. The van der Waals surface area contributed by atoms with Gasteiger partial charge in [-0.05, 0) is 30.2 Å². The fourth-order valence-corrected chi connectivity index (χ4v) is 3.10. The van der Waals surface area contributed by atoms with Gasteiger partial charge in [-0.2, -0.15) is 0 Å². The highest BCUT2D eigenvalue weighted by molar-refractivity contribution is 6.33. The Morgan fingerprint density at radius 3 is 2.60 bits per heavy atom. The SMILES string of the molecule is COC(=O)c1ccc(NC2=C(Cc3ccccc3)C(=O)CC2)c(Cl)c1. The number of anilines is 1. The maximum absolute atomic E-state index is 12.3. The van der Waals surface area contributed by atoms with Gasteiger partial charge in [0.25, 0.3) is 0 Å². The Balaban J connectivity index is 1.85. The van der Waals surface area contributed by atoms with Crippen molar-refractivity contribution in [3.8, 4) is 0 Å². The summed E-state index contributed by atoms with van der Waals surface area (Å²) in [7, 11) is 1.33. The molecule has 0 heterocycles. The first-order chi connectivity index (χ1) is 12.1. The van der Waals surface area contributed by atoms with E-state index in [1.807, 2.05) is 30.3 Å². The standard InChI is InChI=1S/C20H18ClNO3/c1-25-20(24)14-7-8-18(16(21)12-14)22-17-9-10-19(23)15(17)11-13-5-3-2-4-6-13/h2-8,12,22H,9-11H2,1H3. The first-order valence-electron chi connectivity index (χ1n) is 8.02. The molecule has 0 fully saturated rings. The topological polar surface area (TPSA) is 55.4 Å². The normalized spacial score (nSPS) is 13.9. The van der Waals surface area contributed by atoms with E-state index in [4.69, 9.17) is 16.3 Å². The molecule has 0 unspecified atom stereocenters. The van der Waals surface area contributed by atoms with Crippen LogP contribution in [0.1, 0.15) is 28.8 Å². The number of hydrogen-bond donors (Lipinski definition) is 1. The molecule has 0 spiro atoms. The molecule has 0 amide bonds. The number of carbonyl (C=O) groups is 2. The minimum absolute atomic E-state index is 0.161. The molecule has 4 nitrogen and oxygen atoms in total. The highest BCUT2D eigenvalue weighted by Crippen LogP contribution is 2.31. The predicted octanol–water partition coefficient (Wildman–Crippen LogP) is 4.40. The van der Waals surface area contributed by atoms with Gasteiger partial charge >= 0.3 is 5.97 Å². The summed E-state index contributed by atoms with van der Waals surface area (Å²) < 4.78 is 4.69. The number of Topliss-reactive ketones (excluding diaryl/α,β-unsaturated/α-hetero) is 1. The van der Waals surface area contributed by atoms with Crippen molar-refractivity contribution in [2.24, 2.45) is 0 Å². The van der Waals surface area contributed by atoms with Crippen LogP contribution in [-0.4, -0.2) is 18.9 Å². The van der Waals surface area contributed by atoms with Crippen LogP contribution in [-0.2, 0) is 16.0 Å². The van der Waals surface area contributed by atoms with E-state index in [1.54, 1.807) is 18.2 Å². The van der Waals surface area contributed by atoms with Crippen LogP contribution in [0.25, 0.3) is 0 Å². The number of rotatable bonds is 5. The number of halogens is 1. The first kappa shape index (κ1) is 17.2. The first-order valence-corrected chi connectivity index (χ1v) is 8.40. The van der Waals surface area contributed by atoms with Crippen LogP contribution in [0.5, 0.6) is 0 Å². The second-order valence-electron chi connectivity index (χ2n) is 5.85. The molecular weight excluding hydrogens is 338 g/mol. The molecule has 1 aliphatic carbocycles.